The number of aliphatic imine (C=N–C) groups is 1. The highest BCUT2D eigenvalue weighted by Crippen LogP contribution is 2.33. The zero-order chi connectivity index (χ0) is 18.9. The molecule has 0 radical (unpaired) electrons. The van der Waals surface area contributed by atoms with Crippen molar-refractivity contribution in [3.8, 4) is 16.9 Å². The number of furan rings is 1. The second-order valence-corrected chi connectivity index (χ2v) is 6.30. The Hall–Kier alpha value is -3.02. The third-order valence-corrected chi connectivity index (χ3v) is 4.49. The van der Waals surface area contributed by atoms with Crippen LogP contribution in [0.2, 0.25) is 0 Å². The highest BCUT2D eigenvalue weighted by Gasteiger charge is 2.31. The summed E-state index contributed by atoms with van der Waals surface area (Å²) in [5.41, 5.74) is 3.83. The zero-order valence-electron chi connectivity index (χ0n) is 14.2. The fourth-order valence-electron chi connectivity index (χ4n) is 3.21. The topological polar surface area (TPSA) is 34.7 Å². The average molecular weight is 371 g/mol. The Morgan fingerprint density at radius 3 is 2.19 bits per heavy atom. The van der Waals surface area contributed by atoms with Crippen molar-refractivity contribution in [2.24, 2.45) is 4.99 Å². The van der Waals surface area contributed by atoms with E-state index in [4.69, 9.17) is 9.41 Å². The lowest BCUT2D eigenvalue weighted by Crippen LogP contribution is -2.16. The summed E-state index contributed by atoms with van der Waals surface area (Å²) in [6.07, 6.45) is -1.23. The molecule has 1 unspecified atom stereocenters. The Morgan fingerprint density at radius 1 is 0.926 bits per heavy atom. The molecular weight excluding hydrogens is 355 g/mol. The first-order valence-electron chi connectivity index (χ1n) is 8.55. The molecule has 1 aromatic heterocycles. The van der Waals surface area contributed by atoms with Gasteiger partial charge in [0.25, 0.3) is 0 Å². The maximum Gasteiger partial charge on any atom is 0.573 e. The molecule has 4 rings (SSSR count). The van der Waals surface area contributed by atoms with Crippen molar-refractivity contribution in [2.45, 2.75) is 25.2 Å². The Kier molecular flexibility index (Phi) is 4.48. The predicted octanol–water partition coefficient (Wildman–Crippen LogP) is 6.17. The van der Waals surface area contributed by atoms with Gasteiger partial charge in [0.1, 0.15) is 11.5 Å². The summed E-state index contributed by atoms with van der Waals surface area (Å²) in [6.45, 7) is 0. The number of nitrogens with zero attached hydrogens (tertiary/aromatic N) is 1. The van der Waals surface area contributed by atoms with Crippen LogP contribution < -0.4 is 4.74 Å². The first-order chi connectivity index (χ1) is 13.0. The summed E-state index contributed by atoms with van der Waals surface area (Å²) >= 11 is 0. The van der Waals surface area contributed by atoms with Crippen molar-refractivity contribution in [1.29, 1.82) is 0 Å². The van der Waals surface area contributed by atoms with Gasteiger partial charge in [-0.2, -0.15) is 0 Å². The molecule has 6 heteroatoms. The van der Waals surface area contributed by atoms with E-state index in [9.17, 15) is 13.2 Å². The smallest absolute Gasteiger partial charge is 0.463 e. The lowest BCUT2D eigenvalue weighted by molar-refractivity contribution is -0.274. The van der Waals surface area contributed by atoms with Crippen LogP contribution in [0.3, 0.4) is 0 Å². The van der Waals surface area contributed by atoms with Gasteiger partial charge < -0.3 is 9.15 Å². The number of ether oxygens (including phenoxy) is 1. The Balaban J connectivity index is 1.48. The fourth-order valence-corrected chi connectivity index (χ4v) is 3.21. The number of hydrogen-bond donors (Lipinski definition) is 0. The minimum atomic E-state index is -4.68. The summed E-state index contributed by atoms with van der Waals surface area (Å²) in [5.74, 6) is 0.587. The van der Waals surface area contributed by atoms with E-state index in [1.54, 1.807) is 18.4 Å². The molecule has 27 heavy (non-hydrogen) atoms. The minimum absolute atomic E-state index is 0.0988. The van der Waals surface area contributed by atoms with Gasteiger partial charge in [-0.15, -0.1) is 13.2 Å². The second-order valence-electron chi connectivity index (χ2n) is 6.30. The molecule has 0 spiro atoms. The highest BCUT2D eigenvalue weighted by molar-refractivity contribution is 5.99. The lowest BCUT2D eigenvalue weighted by Gasteiger charge is -2.10. The van der Waals surface area contributed by atoms with Gasteiger partial charge in [-0.1, -0.05) is 36.4 Å². The van der Waals surface area contributed by atoms with E-state index < -0.39 is 6.36 Å². The molecule has 1 atom stereocenters. The molecule has 2 aromatic carbocycles. The van der Waals surface area contributed by atoms with E-state index in [0.717, 1.165) is 41.0 Å². The van der Waals surface area contributed by atoms with E-state index in [1.807, 2.05) is 36.4 Å². The first-order valence-corrected chi connectivity index (χ1v) is 8.55. The molecule has 0 amide bonds. The molecule has 0 saturated heterocycles. The van der Waals surface area contributed by atoms with Crippen LogP contribution in [0.1, 0.15) is 30.2 Å². The monoisotopic (exact) mass is 371 g/mol. The van der Waals surface area contributed by atoms with Crippen LogP contribution in [0, 0.1) is 0 Å². The molecule has 0 aliphatic carbocycles. The zero-order valence-corrected chi connectivity index (χ0v) is 14.2. The maximum atomic E-state index is 12.2. The van der Waals surface area contributed by atoms with Gasteiger partial charge in [-0.3, -0.25) is 4.99 Å². The Morgan fingerprint density at radius 2 is 1.59 bits per heavy atom. The fraction of sp³-hybridized carbons (Fsp3) is 0.190. The predicted molar refractivity (Wildman–Crippen MR) is 95.8 cm³/mol. The Bertz CT molecular complexity index is 927. The third-order valence-electron chi connectivity index (χ3n) is 4.49. The average Bonchev–Trinajstić information content (AvgIpc) is 3.33. The van der Waals surface area contributed by atoms with Gasteiger partial charge in [0.15, 0.2) is 0 Å². The van der Waals surface area contributed by atoms with Gasteiger partial charge in [-0.25, -0.2) is 0 Å². The second kappa shape index (κ2) is 6.95. The highest BCUT2D eigenvalue weighted by atomic mass is 19.4. The Labute approximate surface area is 154 Å². The summed E-state index contributed by atoms with van der Waals surface area (Å²) in [6, 6.07) is 17.6. The molecule has 0 bridgehead atoms. The summed E-state index contributed by atoms with van der Waals surface area (Å²) in [5, 5.41) is 0. The van der Waals surface area contributed by atoms with Crippen LogP contribution in [0.5, 0.6) is 5.75 Å². The van der Waals surface area contributed by atoms with Crippen LogP contribution in [-0.4, -0.2) is 12.1 Å². The van der Waals surface area contributed by atoms with Crippen molar-refractivity contribution < 1.29 is 22.3 Å². The van der Waals surface area contributed by atoms with Gasteiger partial charge >= 0.3 is 6.36 Å². The van der Waals surface area contributed by atoms with Gasteiger partial charge in [0.05, 0.1) is 18.0 Å². The summed E-state index contributed by atoms with van der Waals surface area (Å²) < 4.78 is 46.0. The minimum Gasteiger partial charge on any atom is -0.463 e. The van der Waals surface area contributed by atoms with E-state index in [-0.39, 0.29) is 11.8 Å². The van der Waals surface area contributed by atoms with E-state index >= 15 is 0 Å². The van der Waals surface area contributed by atoms with E-state index in [0.29, 0.717) is 0 Å². The molecule has 138 valence electrons. The molecule has 1 aliphatic rings. The number of alkyl halides is 3. The molecule has 0 N–H and O–H groups in total. The third kappa shape index (κ3) is 4.05. The number of hydrogen-bond acceptors (Lipinski definition) is 3. The van der Waals surface area contributed by atoms with Crippen LogP contribution in [0.4, 0.5) is 13.2 Å². The van der Waals surface area contributed by atoms with E-state index in [2.05, 4.69) is 4.74 Å². The molecular formula is C21H16F3NO2. The molecule has 1 aliphatic heterocycles. The normalized spacial score (nSPS) is 17.0. The quantitative estimate of drug-likeness (QED) is 0.550. The van der Waals surface area contributed by atoms with Crippen molar-refractivity contribution in [3.05, 3.63) is 78.3 Å². The molecule has 0 fully saturated rings. The molecule has 2 heterocycles. The number of halogens is 3. The molecule has 3 nitrogen and oxygen atoms in total. The van der Waals surface area contributed by atoms with Crippen molar-refractivity contribution in [1.82, 2.24) is 0 Å². The SMILES string of the molecule is FC(F)(F)Oc1ccc(-c2ccc(C3CCC(c4ccco4)=N3)cc2)cc1. The number of benzene rings is 2. The maximum absolute atomic E-state index is 12.2. The van der Waals surface area contributed by atoms with Crippen molar-refractivity contribution in [3.63, 3.8) is 0 Å². The largest absolute Gasteiger partial charge is 0.573 e. The van der Waals surface area contributed by atoms with Gasteiger partial charge in [0.2, 0.25) is 0 Å². The van der Waals surface area contributed by atoms with E-state index in [1.165, 1.54) is 12.1 Å². The standard InChI is InChI=1S/C21H16F3NO2/c22-21(23,24)27-17-9-7-15(8-10-17)14-3-5-16(6-4-14)18-11-12-19(25-18)20-2-1-13-26-20/h1-10,13,18H,11-12H2. The van der Waals surface area contributed by atoms with Crippen molar-refractivity contribution in [2.75, 3.05) is 0 Å². The van der Waals surface area contributed by atoms with Crippen LogP contribution in [-0.2, 0) is 0 Å². The molecule has 0 saturated carbocycles. The van der Waals surface area contributed by atoms with Gasteiger partial charge in [-0.05, 0) is 53.8 Å². The van der Waals surface area contributed by atoms with Gasteiger partial charge in [0, 0.05) is 0 Å². The number of rotatable bonds is 4. The van der Waals surface area contributed by atoms with Crippen LogP contribution in [0.15, 0.2) is 76.3 Å². The van der Waals surface area contributed by atoms with Crippen LogP contribution in [0.25, 0.3) is 11.1 Å². The summed E-state index contributed by atoms with van der Waals surface area (Å²) in [7, 11) is 0. The first kappa shape index (κ1) is 17.4. The van der Waals surface area contributed by atoms with Crippen LogP contribution >= 0.6 is 0 Å². The lowest BCUT2D eigenvalue weighted by atomic mass is 9.99. The molecule has 3 aromatic rings. The van der Waals surface area contributed by atoms with Crippen molar-refractivity contribution >= 4 is 5.71 Å². The summed E-state index contributed by atoms with van der Waals surface area (Å²) in [4.78, 5) is 4.75.